The van der Waals surface area contributed by atoms with Crippen LogP contribution in [0.25, 0.3) is 0 Å². The van der Waals surface area contributed by atoms with E-state index >= 15 is 0 Å². The van der Waals surface area contributed by atoms with E-state index in [-0.39, 0.29) is 5.56 Å². The SMILES string of the molecule is O=C(COC(=O)c1cc(Br)ccc1F)NCCc1ccccc1. The van der Waals surface area contributed by atoms with Crippen molar-refractivity contribution in [2.24, 2.45) is 0 Å². The maximum Gasteiger partial charge on any atom is 0.341 e. The first kappa shape index (κ1) is 17.1. The zero-order valence-corrected chi connectivity index (χ0v) is 13.8. The van der Waals surface area contributed by atoms with Crippen LogP contribution in [-0.2, 0) is 16.0 Å². The number of hydrogen-bond acceptors (Lipinski definition) is 3. The Labute approximate surface area is 141 Å². The van der Waals surface area contributed by atoms with Gasteiger partial charge in [-0.1, -0.05) is 46.3 Å². The normalized spacial score (nSPS) is 10.2. The molecule has 0 atom stereocenters. The predicted octanol–water partition coefficient (Wildman–Crippen LogP) is 3.10. The van der Waals surface area contributed by atoms with Crippen LogP contribution in [0.5, 0.6) is 0 Å². The van der Waals surface area contributed by atoms with E-state index in [1.165, 1.54) is 12.1 Å². The highest BCUT2D eigenvalue weighted by Gasteiger charge is 2.15. The smallest absolute Gasteiger partial charge is 0.341 e. The van der Waals surface area contributed by atoms with Gasteiger partial charge in [-0.3, -0.25) is 4.79 Å². The fraction of sp³-hybridized carbons (Fsp3) is 0.176. The van der Waals surface area contributed by atoms with Crippen LogP contribution in [0.3, 0.4) is 0 Å². The molecule has 0 heterocycles. The lowest BCUT2D eigenvalue weighted by Gasteiger charge is -2.07. The molecule has 2 aromatic rings. The molecule has 1 N–H and O–H groups in total. The molecule has 0 saturated heterocycles. The monoisotopic (exact) mass is 379 g/mol. The first-order valence-electron chi connectivity index (χ1n) is 6.99. The van der Waals surface area contributed by atoms with Gasteiger partial charge in [-0.2, -0.15) is 0 Å². The van der Waals surface area contributed by atoms with Gasteiger partial charge in [-0.15, -0.1) is 0 Å². The molecule has 2 rings (SSSR count). The number of amides is 1. The van der Waals surface area contributed by atoms with Crippen LogP contribution in [0, 0.1) is 5.82 Å². The van der Waals surface area contributed by atoms with Gasteiger partial charge in [0.1, 0.15) is 5.82 Å². The van der Waals surface area contributed by atoms with E-state index in [0.29, 0.717) is 17.4 Å². The zero-order valence-electron chi connectivity index (χ0n) is 12.2. The number of ether oxygens (including phenoxy) is 1. The lowest BCUT2D eigenvalue weighted by molar-refractivity contribution is -0.124. The molecule has 0 bridgehead atoms. The van der Waals surface area contributed by atoms with Crippen LogP contribution < -0.4 is 5.32 Å². The molecule has 6 heteroatoms. The fourth-order valence-electron chi connectivity index (χ4n) is 1.90. The first-order valence-corrected chi connectivity index (χ1v) is 7.78. The van der Waals surface area contributed by atoms with Gasteiger partial charge in [0.15, 0.2) is 6.61 Å². The summed E-state index contributed by atoms with van der Waals surface area (Å²) in [6, 6.07) is 13.6. The lowest BCUT2D eigenvalue weighted by Crippen LogP contribution is -2.30. The summed E-state index contributed by atoms with van der Waals surface area (Å²) in [6.07, 6.45) is 0.681. The minimum Gasteiger partial charge on any atom is -0.452 e. The maximum atomic E-state index is 13.5. The predicted molar refractivity (Wildman–Crippen MR) is 87.5 cm³/mol. The molecule has 0 aliphatic heterocycles. The molecule has 4 nitrogen and oxygen atoms in total. The van der Waals surface area contributed by atoms with Gasteiger partial charge in [0, 0.05) is 11.0 Å². The van der Waals surface area contributed by atoms with Crippen molar-refractivity contribution in [3.8, 4) is 0 Å². The molecule has 23 heavy (non-hydrogen) atoms. The Morgan fingerprint density at radius 3 is 2.61 bits per heavy atom. The van der Waals surface area contributed by atoms with Crippen molar-refractivity contribution < 1.29 is 18.7 Å². The van der Waals surface area contributed by atoms with Gasteiger partial charge in [0.2, 0.25) is 0 Å². The number of hydrogen-bond donors (Lipinski definition) is 1. The second-order valence-electron chi connectivity index (χ2n) is 4.79. The summed E-state index contributed by atoms with van der Waals surface area (Å²) in [7, 11) is 0. The number of carbonyl (C=O) groups is 2. The van der Waals surface area contributed by atoms with Gasteiger partial charge >= 0.3 is 5.97 Å². The molecule has 0 spiro atoms. The molecular weight excluding hydrogens is 365 g/mol. The zero-order chi connectivity index (χ0) is 16.7. The topological polar surface area (TPSA) is 55.4 Å². The molecule has 0 unspecified atom stereocenters. The van der Waals surface area contributed by atoms with E-state index < -0.39 is 24.3 Å². The van der Waals surface area contributed by atoms with Crippen molar-refractivity contribution in [1.82, 2.24) is 5.32 Å². The van der Waals surface area contributed by atoms with E-state index in [4.69, 9.17) is 4.74 Å². The Balaban J connectivity index is 1.75. The molecule has 0 aliphatic carbocycles. The first-order chi connectivity index (χ1) is 11.1. The van der Waals surface area contributed by atoms with Crippen LogP contribution in [0.4, 0.5) is 4.39 Å². The van der Waals surface area contributed by atoms with Crippen LogP contribution in [0.2, 0.25) is 0 Å². The highest BCUT2D eigenvalue weighted by Crippen LogP contribution is 2.16. The standard InChI is InChI=1S/C17H15BrFNO3/c18-13-6-7-15(19)14(10-13)17(22)23-11-16(21)20-9-8-12-4-2-1-3-5-12/h1-7,10H,8-9,11H2,(H,20,21). The highest BCUT2D eigenvalue weighted by molar-refractivity contribution is 9.10. The van der Waals surface area contributed by atoms with Crippen LogP contribution >= 0.6 is 15.9 Å². The third kappa shape index (κ3) is 5.49. The number of carbonyl (C=O) groups excluding carboxylic acids is 2. The Hall–Kier alpha value is -2.21. The minimum atomic E-state index is -0.873. The van der Waals surface area contributed by atoms with E-state index in [2.05, 4.69) is 21.2 Å². The number of esters is 1. The maximum absolute atomic E-state index is 13.5. The van der Waals surface area contributed by atoms with Crippen molar-refractivity contribution in [3.05, 3.63) is 69.9 Å². The molecule has 0 aliphatic rings. The Bertz CT molecular complexity index is 691. The molecule has 0 aromatic heterocycles. The van der Waals surface area contributed by atoms with Crippen molar-refractivity contribution in [2.75, 3.05) is 13.2 Å². The molecular formula is C17H15BrFNO3. The van der Waals surface area contributed by atoms with Crippen molar-refractivity contribution >= 4 is 27.8 Å². The Morgan fingerprint density at radius 2 is 1.87 bits per heavy atom. The molecule has 0 fully saturated rings. The second-order valence-corrected chi connectivity index (χ2v) is 5.70. The van der Waals surface area contributed by atoms with Gasteiger partial charge < -0.3 is 10.1 Å². The lowest BCUT2D eigenvalue weighted by atomic mass is 10.1. The number of rotatable bonds is 6. The Morgan fingerprint density at radius 1 is 1.13 bits per heavy atom. The van der Waals surface area contributed by atoms with E-state index in [1.807, 2.05) is 30.3 Å². The number of benzene rings is 2. The van der Waals surface area contributed by atoms with Crippen LogP contribution in [0.1, 0.15) is 15.9 Å². The summed E-state index contributed by atoms with van der Waals surface area (Å²) in [5, 5.41) is 2.64. The van der Waals surface area contributed by atoms with E-state index in [1.54, 1.807) is 0 Å². The molecule has 0 saturated carbocycles. The summed E-state index contributed by atoms with van der Waals surface area (Å²) < 4.78 is 18.9. The molecule has 120 valence electrons. The molecule has 2 aromatic carbocycles. The van der Waals surface area contributed by atoms with Crippen LogP contribution in [-0.4, -0.2) is 25.0 Å². The average molecular weight is 380 g/mol. The third-order valence-corrected chi connectivity index (χ3v) is 3.55. The Kier molecular flexibility index (Phi) is 6.29. The van der Waals surface area contributed by atoms with E-state index in [9.17, 15) is 14.0 Å². The molecule has 1 amide bonds. The van der Waals surface area contributed by atoms with Crippen molar-refractivity contribution in [1.29, 1.82) is 0 Å². The van der Waals surface area contributed by atoms with Crippen molar-refractivity contribution in [2.45, 2.75) is 6.42 Å². The number of nitrogens with one attached hydrogen (secondary N) is 1. The largest absolute Gasteiger partial charge is 0.452 e. The van der Waals surface area contributed by atoms with E-state index in [0.717, 1.165) is 11.6 Å². The van der Waals surface area contributed by atoms with Gasteiger partial charge in [0.25, 0.3) is 5.91 Å². The highest BCUT2D eigenvalue weighted by atomic mass is 79.9. The second kappa shape index (κ2) is 8.43. The quantitative estimate of drug-likeness (QED) is 0.784. The summed E-state index contributed by atoms with van der Waals surface area (Å²) in [5.74, 6) is -1.99. The summed E-state index contributed by atoms with van der Waals surface area (Å²) >= 11 is 3.15. The van der Waals surface area contributed by atoms with Gasteiger partial charge in [0.05, 0.1) is 5.56 Å². The summed E-state index contributed by atoms with van der Waals surface area (Å²) in [5.41, 5.74) is 0.887. The fourth-order valence-corrected chi connectivity index (χ4v) is 2.27. The van der Waals surface area contributed by atoms with Crippen molar-refractivity contribution in [3.63, 3.8) is 0 Å². The summed E-state index contributed by atoms with van der Waals surface area (Å²) in [4.78, 5) is 23.4. The van der Waals surface area contributed by atoms with Gasteiger partial charge in [-0.05, 0) is 30.2 Å². The minimum absolute atomic E-state index is 0.212. The third-order valence-electron chi connectivity index (χ3n) is 3.06. The summed E-state index contributed by atoms with van der Waals surface area (Å²) in [6.45, 7) is -0.00871. The van der Waals surface area contributed by atoms with Gasteiger partial charge in [-0.25, -0.2) is 9.18 Å². The van der Waals surface area contributed by atoms with Crippen LogP contribution in [0.15, 0.2) is 53.0 Å². The molecule has 0 radical (unpaired) electrons. The average Bonchev–Trinajstić information content (AvgIpc) is 2.56. The number of halogens is 2.